The quantitative estimate of drug-likeness (QED) is 0.769. The molecule has 2 fully saturated rings. The first-order valence-electron chi connectivity index (χ1n) is 9.64. The number of benzene rings is 1. The maximum absolute atomic E-state index is 12.4. The molecule has 1 aromatic carbocycles. The van der Waals surface area contributed by atoms with Crippen molar-refractivity contribution in [2.75, 3.05) is 26.3 Å². The normalized spacial score (nSPS) is 18.9. The van der Waals surface area contributed by atoms with E-state index in [1.165, 1.54) is 0 Å². The van der Waals surface area contributed by atoms with Gasteiger partial charge in [-0.15, -0.1) is 10.2 Å². The lowest BCUT2D eigenvalue weighted by Crippen LogP contribution is -2.41. The molecule has 27 heavy (non-hydrogen) atoms. The number of rotatable bonds is 6. The average molecular weight is 371 g/mol. The Morgan fingerprint density at radius 2 is 1.85 bits per heavy atom. The SMILES string of the molecule is O=C(CCCn1nnc(-c2ccccc2)n1)N1CCC(C2OCCO2)CC1. The molecule has 4 rings (SSSR count). The molecule has 2 aliphatic heterocycles. The van der Waals surface area contributed by atoms with Crippen LogP contribution >= 0.6 is 0 Å². The Kier molecular flexibility index (Phi) is 5.74. The Hall–Kier alpha value is -2.32. The largest absolute Gasteiger partial charge is 0.350 e. The van der Waals surface area contributed by atoms with Crippen LogP contribution in [0, 0.1) is 5.92 Å². The number of tetrazole rings is 1. The molecule has 1 aromatic heterocycles. The third kappa shape index (κ3) is 4.51. The fraction of sp³-hybridized carbons (Fsp3) is 0.579. The molecule has 0 bridgehead atoms. The monoisotopic (exact) mass is 371 g/mol. The molecular weight excluding hydrogens is 346 g/mol. The lowest BCUT2D eigenvalue weighted by atomic mass is 9.96. The van der Waals surface area contributed by atoms with Crippen molar-refractivity contribution in [3.05, 3.63) is 30.3 Å². The van der Waals surface area contributed by atoms with E-state index in [4.69, 9.17) is 9.47 Å². The number of carbonyl (C=O) groups is 1. The Morgan fingerprint density at radius 3 is 2.59 bits per heavy atom. The number of aryl methyl sites for hydroxylation is 1. The van der Waals surface area contributed by atoms with Gasteiger partial charge in [0.2, 0.25) is 11.7 Å². The molecule has 2 aliphatic rings. The van der Waals surface area contributed by atoms with E-state index >= 15 is 0 Å². The maximum Gasteiger partial charge on any atom is 0.222 e. The van der Waals surface area contributed by atoms with Gasteiger partial charge >= 0.3 is 0 Å². The van der Waals surface area contributed by atoms with E-state index in [1.807, 2.05) is 35.2 Å². The molecule has 0 aliphatic carbocycles. The molecule has 0 radical (unpaired) electrons. The highest BCUT2D eigenvalue weighted by Gasteiger charge is 2.31. The molecule has 3 heterocycles. The second kappa shape index (κ2) is 8.58. The number of likely N-dealkylation sites (tertiary alicyclic amines) is 1. The first-order valence-corrected chi connectivity index (χ1v) is 9.64. The van der Waals surface area contributed by atoms with E-state index in [0.29, 0.717) is 44.3 Å². The lowest BCUT2D eigenvalue weighted by Gasteiger charge is -2.33. The topological polar surface area (TPSA) is 82.4 Å². The molecule has 2 aromatic rings. The van der Waals surface area contributed by atoms with Gasteiger partial charge in [-0.25, -0.2) is 0 Å². The van der Waals surface area contributed by atoms with Crippen LogP contribution in [-0.4, -0.2) is 63.6 Å². The van der Waals surface area contributed by atoms with Crippen LogP contribution in [0.3, 0.4) is 0 Å². The molecule has 0 saturated carbocycles. The van der Waals surface area contributed by atoms with Crippen LogP contribution in [0.25, 0.3) is 11.4 Å². The van der Waals surface area contributed by atoms with Crippen molar-refractivity contribution in [1.29, 1.82) is 0 Å². The van der Waals surface area contributed by atoms with Crippen LogP contribution < -0.4 is 0 Å². The number of aromatic nitrogens is 4. The van der Waals surface area contributed by atoms with Crippen LogP contribution in [0.2, 0.25) is 0 Å². The second-order valence-corrected chi connectivity index (χ2v) is 7.01. The van der Waals surface area contributed by atoms with E-state index in [2.05, 4.69) is 15.4 Å². The van der Waals surface area contributed by atoms with Crippen molar-refractivity contribution in [1.82, 2.24) is 25.1 Å². The summed E-state index contributed by atoms with van der Waals surface area (Å²) in [4.78, 5) is 16.0. The molecule has 0 unspecified atom stereocenters. The average Bonchev–Trinajstić information content (AvgIpc) is 3.41. The third-order valence-electron chi connectivity index (χ3n) is 5.16. The second-order valence-electron chi connectivity index (χ2n) is 7.01. The minimum atomic E-state index is -0.0700. The number of piperidine rings is 1. The third-order valence-corrected chi connectivity index (χ3v) is 5.16. The van der Waals surface area contributed by atoms with Crippen LogP contribution in [0.4, 0.5) is 0 Å². The highest BCUT2D eigenvalue weighted by atomic mass is 16.7. The van der Waals surface area contributed by atoms with Crippen molar-refractivity contribution >= 4 is 5.91 Å². The molecule has 8 heteroatoms. The van der Waals surface area contributed by atoms with Crippen molar-refractivity contribution in [3.8, 4) is 11.4 Å². The molecule has 2 saturated heterocycles. The smallest absolute Gasteiger partial charge is 0.222 e. The van der Waals surface area contributed by atoms with E-state index in [0.717, 1.165) is 31.5 Å². The lowest BCUT2D eigenvalue weighted by molar-refractivity contribution is -0.137. The number of carbonyl (C=O) groups excluding carboxylic acids is 1. The summed E-state index contributed by atoms with van der Waals surface area (Å²) in [5.74, 6) is 1.22. The number of hydrogen-bond donors (Lipinski definition) is 0. The number of amides is 1. The predicted octanol–water partition coefficient (Wildman–Crippen LogP) is 1.73. The van der Waals surface area contributed by atoms with E-state index in [1.54, 1.807) is 4.80 Å². The fourth-order valence-corrected chi connectivity index (χ4v) is 3.64. The molecule has 1 amide bonds. The molecular formula is C19H25N5O3. The summed E-state index contributed by atoms with van der Waals surface area (Å²) in [6, 6.07) is 9.76. The highest BCUT2D eigenvalue weighted by molar-refractivity contribution is 5.76. The Bertz CT molecular complexity index is 737. The summed E-state index contributed by atoms with van der Waals surface area (Å²) < 4.78 is 11.2. The maximum atomic E-state index is 12.4. The molecule has 8 nitrogen and oxygen atoms in total. The summed E-state index contributed by atoms with van der Waals surface area (Å²) in [6.07, 6.45) is 3.03. The molecule has 0 atom stereocenters. The Labute approximate surface area is 158 Å². The first-order chi connectivity index (χ1) is 13.3. The highest BCUT2D eigenvalue weighted by Crippen LogP contribution is 2.26. The standard InChI is InChI=1S/C19H25N5O3/c25-17(23-11-8-16(9-12-23)19-26-13-14-27-19)7-4-10-24-21-18(20-22-24)15-5-2-1-3-6-15/h1-3,5-6,16,19H,4,7-14H2. The van der Waals surface area contributed by atoms with Gasteiger partial charge in [-0.2, -0.15) is 4.80 Å². The number of ether oxygens (including phenoxy) is 2. The van der Waals surface area contributed by atoms with Gasteiger partial charge in [-0.3, -0.25) is 4.79 Å². The Morgan fingerprint density at radius 1 is 1.11 bits per heavy atom. The molecule has 144 valence electrons. The van der Waals surface area contributed by atoms with Crippen LogP contribution in [0.5, 0.6) is 0 Å². The first kappa shape index (κ1) is 18.1. The summed E-state index contributed by atoms with van der Waals surface area (Å²) in [5, 5.41) is 12.5. The zero-order valence-electron chi connectivity index (χ0n) is 15.4. The summed E-state index contributed by atoms with van der Waals surface area (Å²) in [5.41, 5.74) is 0.943. The van der Waals surface area contributed by atoms with Gasteiger partial charge < -0.3 is 14.4 Å². The minimum Gasteiger partial charge on any atom is -0.350 e. The van der Waals surface area contributed by atoms with Crippen molar-refractivity contribution in [3.63, 3.8) is 0 Å². The summed E-state index contributed by atoms with van der Waals surface area (Å²) in [6.45, 7) is 3.53. The van der Waals surface area contributed by atoms with Gasteiger partial charge in [-0.1, -0.05) is 30.3 Å². The van der Waals surface area contributed by atoms with E-state index in [-0.39, 0.29) is 12.2 Å². The van der Waals surface area contributed by atoms with Crippen LogP contribution in [0.15, 0.2) is 30.3 Å². The van der Waals surface area contributed by atoms with E-state index < -0.39 is 0 Å². The number of nitrogens with zero attached hydrogens (tertiary/aromatic N) is 5. The van der Waals surface area contributed by atoms with Crippen molar-refractivity contribution in [2.24, 2.45) is 5.92 Å². The number of hydrogen-bond acceptors (Lipinski definition) is 6. The van der Waals surface area contributed by atoms with Crippen molar-refractivity contribution in [2.45, 2.75) is 38.5 Å². The minimum absolute atomic E-state index is 0.0700. The zero-order valence-corrected chi connectivity index (χ0v) is 15.4. The molecule has 0 N–H and O–H groups in total. The summed E-state index contributed by atoms with van der Waals surface area (Å²) in [7, 11) is 0. The van der Waals surface area contributed by atoms with Gasteiger partial charge in [-0.05, 0) is 24.5 Å². The van der Waals surface area contributed by atoms with Gasteiger partial charge in [0.05, 0.1) is 19.8 Å². The predicted molar refractivity (Wildman–Crippen MR) is 97.5 cm³/mol. The van der Waals surface area contributed by atoms with Gasteiger partial charge in [0.1, 0.15) is 0 Å². The van der Waals surface area contributed by atoms with Crippen LogP contribution in [0.1, 0.15) is 25.7 Å². The molecule has 0 spiro atoms. The summed E-state index contributed by atoms with van der Waals surface area (Å²) >= 11 is 0. The van der Waals surface area contributed by atoms with Gasteiger partial charge in [0, 0.05) is 31.0 Å². The van der Waals surface area contributed by atoms with Crippen molar-refractivity contribution < 1.29 is 14.3 Å². The fourth-order valence-electron chi connectivity index (χ4n) is 3.64. The Balaban J connectivity index is 1.19. The van der Waals surface area contributed by atoms with Gasteiger partial charge in [0.25, 0.3) is 0 Å². The van der Waals surface area contributed by atoms with Crippen LogP contribution in [-0.2, 0) is 20.8 Å². The van der Waals surface area contributed by atoms with E-state index in [9.17, 15) is 4.79 Å². The zero-order chi connectivity index (χ0) is 18.5. The van der Waals surface area contributed by atoms with Gasteiger partial charge in [0.15, 0.2) is 6.29 Å².